The van der Waals surface area contributed by atoms with Gasteiger partial charge in [-0.3, -0.25) is 0 Å². The third-order valence-electron chi connectivity index (χ3n) is 3.50. The van der Waals surface area contributed by atoms with E-state index in [1.165, 1.54) is 26.7 Å². The Kier molecular flexibility index (Phi) is 2.45. The molecule has 84 valence electrons. The van der Waals surface area contributed by atoms with Crippen molar-refractivity contribution in [2.45, 2.75) is 19.3 Å². The molecule has 1 aromatic rings. The first-order chi connectivity index (χ1) is 8.03. The highest BCUT2D eigenvalue weighted by Gasteiger charge is 2.46. The molecule has 2 aliphatic carbocycles. The summed E-state index contributed by atoms with van der Waals surface area (Å²) in [6.45, 7) is 4.53. The normalized spacial score (nSPS) is 19.6. The van der Waals surface area contributed by atoms with Crippen molar-refractivity contribution in [2.24, 2.45) is 0 Å². The summed E-state index contributed by atoms with van der Waals surface area (Å²) in [5.74, 6) is 0. The lowest BCUT2D eigenvalue weighted by molar-refractivity contribution is 0.648. The van der Waals surface area contributed by atoms with E-state index in [1.54, 1.807) is 0 Å². The fourth-order valence-electron chi connectivity index (χ4n) is 2.82. The van der Waals surface area contributed by atoms with Gasteiger partial charge in [0, 0.05) is 10.0 Å². The molecule has 0 aliphatic heterocycles. The molecule has 2 heteroatoms. The highest BCUT2D eigenvalue weighted by atomic mass is 79.9. The molecule has 17 heavy (non-hydrogen) atoms. The van der Waals surface area contributed by atoms with Gasteiger partial charge in [0.1, 0.15) is 6.08 Å². The maximum atomic E-state index is 3.68. The molecule has 0 bridgehead atoms. The summed E-state index contributed by atoms with van der Waals surface area (Å²) < 4.78 is 2.26. The third-order valence-corrected chi connectivity index (χ3v) is 4.79. The molecule has 0 saturated carbocycles. The summed E-state index contributed by atoms with van der Waals surface area (Å²) in [6.07, 6.45) is 7.38. The van der Waals surface area contributed by atoms with Crippen LogP contribution >= 0.6 is 31.9 Å². The SMILES string of the molecule is CC1(C)C2=C(C=C[C+]=C2Br)c2cccc(Br)c21. The Bertz CT molecular complexity index is 601. The van der Waals surface area contributed by atoms with Crippen LogP contribution in [-0.2, 0) is 5.41 Å². The molecular weight excluding hydrogens is 340 g/mol. The molecule has 0 nitrogen and oxygen atoms in total. The van der Waals surface area contributed by atoms with Gasteiger partial charge in [0.15, 0.2) is 4.48 Å². The standard InChI is InChI=1S/C15H11Br2/c1-15(2)13-9(5-3-7-11(13)16)10-6-4-8-12(17)14(10)15/h3-7H,1-2H3/q+1. The molecule has 0 spiro atoms. The average molecular weight is 351 g/mol. The van der Waals surface area contributed by atoms with Gasteiger partial charge in [0.2, 0.25) is 0 Å². The van der Waals surface area contributed by atoms with Crippen LogP contribution in [0.5, 0.6) is 0 Å². The van der Waals surface area contributed by atoms with Crippen LogP contribution in [0.2, 0.25) is 0 Å². The molecule has 3 rings (SSSR count). The van der Waals surface area contributed by atoms with Crippen LogP contribution in [0.15, 0.2) is 44.9 Å². The minimum absolute atomic E-state index is 0.0152. The number of allylic oxidation sites excluding steroid dienone is 6. The molecule has 0 fully saturated rings. The van der Waals surface area contributed by atoms with E-state index in [0.29, 0.717) is 0 Å². The Hall–Kier alpha value is -0.690. The van der Waals surface area contributed by atoms with Gasteiger partial charge >= 0.3 is 0 Å². The Morgan fingerprint density at radius 3 is 2.71 bits per heavy atom. The van der Waals surface area contributed by atoms with Gasteiger partial charge < -0.3 is 0 Å². The van der Waals surface area contributed by atoms with E-state index in [0.717, 1.165) is 4.48 Å². The Labute approximate surface area is 118 Å². The fraction of sp³-hybridized carbons (Fsp3) is 0.200. The molecule has 0 aromatic heterocycles. The Morgan fingerprint density at radius 2 is 1.94 bits per heavy atom. The number of benzene rings is 1. The predicted molar refractivity (Wildman–Crippen MR) is 78.9 cm³/mol. The summed E-state index contributed by atoms with van der Waals surface area (Å²) in [7, 11) is 0. The lowest BCUT2D eigenvalue weighted by atomic mass is 9.80. The zero-order valence-corrected chi connectivity index (χ0v) is 12.8. The third kappa shape index (κ3) is 1.45. The lowest BCUT2D eigenvalue weighted by Gasteiger charge is -2.21. The molecule has 0 heterocycles. The first-order valence-corrected chi connectivity index (χ1v) is 7.12. The number of hydrogen-bond donors (Lipinski definition) is 0. The van der Waals surface area contributed by atoms with Gasteiger partial charge in [-0.25, -0.2) is 0 Å². The molecule has 2 aliphatic rings. The second kappa shape index (κ2) is 3.65. The van der Waals surface area contributed by atoms with E-state index < -0.39 is 0 Å². The topological polar surface area (TPSA) is 0 Å². The molecule has 0 radical (unpaired) electrons. The number of rotatable bonds is 0. The van der Waals surface area contributed by atoms with E-state index >= 15 is 0 Å². The summed E-state index contributed by atoms with van der Waals surface area (Å²) in [5, 5.41) is 0. The molecule has 0 saturated heterocycles. The number of fused-ring (bicyclic) bond motifs is 2. The van der Waals surface area contributed by atoms with Crippen molar-refractivity contribution >= 4 is 37.4 Å². The van der Waals surface area contributed by atoms with Crippen molar-refractivity contribution in [1.29, 1.82) is 0 Å². The second-order valence-corrected chi connectivity index (χ2v) is 6.52. The summed E-state index contributed by atoms with van der Waals surface area (Å²) in [5.41, 5.74) is 5.37. The molecule has 0 atom stereocenters. The van der Waals surface area contributed by atoms with E-state index in [9.17, 15) is 0 Å². The van der Waals surface area contributed by atoms with Crippen LogP contribution in [-0.4, -0.2) is 0 Å². The Morgan fingerprint density at radius 1 is 1.18 bits per heavy atom. The molecule has 1 aromatic carbocycles. The summed E-state index contributed by atoms with van der Waals surface area (Å²) in [4.78, 5) is 0. The van der Waals surface area contributed by atoms with Gasteiger partial charge in [-0.2, -0.15) is 0 Å². The maximum Gasteiger partial charge on any atom is 0.185 e. The van der Waals surface area contributed by atoms with Crippen LogP contribution in [0.25, 0.3) is 5.57 Å². The van der Waals surface area contributed by atoms with Gasteiger partial charge in [0.25, 0.3) is 0 Å². The van der Waals surface area contributed by atoms with Gasteiger partial charge in [-0.05, 0) is 41.4 Å². The zero-order valence-electron chi connectivity index (χ0n) is 9.64. The first-order valence-electron chi connectivity index (χ1n) is 5.53. The molecular formula is C15H11Br2+. The minimum Gasteiger partial charge on any atom is -0.0604 e. The second-order valence-electron chi connectivity index (χ2n) is 4.87. The predicted octanol–water partition coefficient (Wildman–Crippen LogP) is 5.15. The number of halogens is 2. The average Bonchev–Trinajstić information content (AvgIpc) is 2.50. The van der Waals surface area contributed by atoms with Gasteiger partial charge in [-0.15, -0.1) is 0 Å². The van der Waals surface area contributed by atoms with Crippen molar-refractivity contribution in [1.82, 2.24) is 0 Å². The van der Waals surface area contributed by atoms with Crippen LogP contribution in [0.3, 0.4) is 0 Å². The highest BCUT2D eigenvalue weighted by molar-refractivity contribution is 9.12. The number of hydrogen-bond acceptors (Lipinski definition) is 0. The van der Waals surface area contributed by atoms with Crippen molar-refractivity contribution in [3.05, 3.63) is 62.1 Å². The van der Waals surface area contributed by atoms with Crippen LogP contribution < -0.4 is 0 Å². The zero-order chi connectivity index (χ0) is 12.2. The molecule has 0 amide bonds. The summed E-state index contributed by atoms with van der Waals surface area (Å²) in [6, 6.07) is 6.41. The monoisotopic (exact) mass is 349 g/mol. The van der Waals surface area contributed by atoms with Gasteiger partial charge in [0.05, 0.1) is 28.7 Å². The van der Waals surface area contributed by atoms with Crippen molar-refractivity contribution < 1.29 is 0 Å². The van der Waals surface area contributed by atoms with Crippen molar-refractivity contribution in [3.63, 3.8) is 0 Å². The maximum absolute atomic E-state index is 3.68. The Balaban J connectivity index is 2.39. The van der Waals surface area contributed by atoms with Crippen LogP contribution in [0.1, 0.15) is 25.0 Å². The van der Waals surface area contributed by atoms with Crippen molar-refractivity contribution in [2.75, 3.05) is 0 Å². The molecule has 0 N–H and O–H groups in total. The van der Waals surface area contributed by atoms with E-state index in [-0.39, 0.29) is 5.41 Å². The smallest absolute Gasteiger partial charge is 0.0604 e. The van der Waals surface area contributed by atoms with Crippen LogP contribution in [0.4, 0.5) is 0 Å². The van der Waals surface area contributed by atoms with E-state index in [4.69, 9.17) is 0 Å². The minimum atomic E-state index is 0.0152. The lowest BCUT2D eigenvalue weighted by Crippen LogP contribution is -2.18. The van der Waals surface area contributed by atoms with Crippen molar-refractivity contribution in [3.8, 4) is 0 Å². The van der Waals surface area contributed by atoms with E-state index in [2.05, 4.69) is 76.1 Å². The quantitative estimate of drug-likeness (QED) is 0.568. The fourth-order valence-corrected chi connectivity index (χ4v) is 4.52. The first kappa shape index (κ1) is 11.4. The molecule has 0 unspecified atom stereocenters. The highest BCUT2D eigenvalue weighted by Crippen LogP contribution is 2.53. The van der Waals surface area contributed by atoms with E-state index in [1.807, 2.05) is 6.08 Å². The van der Waals surface area contributed by atoms with Gasteiger partial charge in [-0.1, -0.05) is 28.1 Å². The summed E-state index contributed by atoms with van der Waals surface area (Å²) >= 11 is 7.32. The van der Waals surface area contributed by atoms with Crippen LogP contribution in [0, 0.1) is 6.08 Å². The largest absolute Gasteiger partial charge is 0.185 e.